The van der Waals surface area contributed by atoms with Crippen LogP contribution in [0.25, 0.3) is 0 Å². The van der Waals surface area contributed by atoms with Gasteiger partial charge in [0.05, 0.1) is 23.5 Å². The summed E-state index contributed by atoms with van der Waals surface area (Å²) in [7, 11) is 1.71. The molecule has 21 heavy (non-hydrogen) atoms. The Morgan fingerprint density at radius 3 is 2.62 bits per heavy atom. The molecule has 0 aliphatic carbocycles. The van der Waals surface area contributed by atoms with Crippen LogP contribution < -0.4 is 10.2 Å². The number of ether oxygens (including phenoxy) is 2. The lowest BCUT2D eigenvalue weighted by molar-refractivity contribution is -0.133. The zero-order chi connectivity index (χ0) is 15.5. The van der Waals surface area contributed by atoms with Gasteiger partial charge in [-0.2, -0.15) is 0 Å². The summed E-state index contributed by atoms with van der Waals surface area (Å²) in [4.78, 5) is 7.09. The van der Waals surface area contributed by atoms with Gasteiger partial charge in [-0.05, 0) is 27.7 Å². The van der Waals surface area contributed by atoms with Crippen molar-refractivity contribution in [3.63, 3.8) is 0 Å². The summed E-state index contributed by atoms with van der Waals surface area (Å²) < 4.78 is 11.1. The zero-order valence-corrected chi connectivity index (χ0v) is 14.5. The molecule has 0 atom stereocenters. The summed E-state index contributed by atoms with van der Waals surface area (Å²) in [6.07, 6.45) is 0. The van der Waals surface area contributed by atoms with Crippen LogP contribution in [-0.2, 0) is 16.0 Å². The van der Waals surface area contributed by atoms with Crippen LogP contribution in [0.1, 0.15) is 33.4 Å². The van der Waals surface area contributed by atoms with Crippen molar-refractivity contribution in [1.82, 2.24) is 10.3 Å². The minimum atomic E-state index is -0.149. The molecule has 1 aromatic heterocycles. The van der Waals surface area contributed by atoms with Gasteiger partial charge in [0.1, 0.15) is 0 Å². The van der Waals surface area contributed by atoms with Crippen molar-refractivity contribution in [2.75, 3.05) is 38.3 Å². The lowest BCUT2D eigenvalue weighted by Gasteiger charge is -2.47. The average Bonchev–Trinajstić information content (AvgIpc) is 2.79. The predicted molar refractivity (Wildman–Crippen MR) is 87.2 cm³/mol. The first-order valence-electron chi connectivity index (χ1n) is 7.40. The van der Waals surface area contributed by atoms with Gasteiger partial charge in [-0.15, -0.1) is 11.3 Å². The Morgan fingerprint density at radius 2 is 2.00 bits per heavy atom. The third kappa shape index (κ3) is 4.92. The minimum absolute atomic E-state index is 0.149. The van der Waals surface area contributed by atoms with Crippen molar-refractivity contribution < 1.29 is 9.47 Å². The molecule has 5 nitrogen and oxygen atoms in total. The van der Waals surface area contributed by atoms with Crippen LogP contribution in [0.4, 0.5) is 5.13 Å². The zero-order valence-electron chi connectivity index (χ0n) is 13.7. The highest BCUT2D eigenvalue weighted by Gasteiger charge is 2.39. The number of aromatic nitrogens is 1. The highest BCUT2D eigenvalue weighted by molar-refractivity contribution is 7.13. The molecule has 1 fully saturated rings. The van der Waals surface area contributed by atoms with Crippen LogP contribution in [0.3, 0.4) is 0 Å². The van der Waals surface area contributed by atoms with Gasteiger partial charge in [0.15, 0.2) is 5.13 Å². The summed E-state index contributed by atoms with van der Waals surface area (Å²) in [6.45, 7) is 12.7. The highest BCUT2D eigenvalue weighted by Crippen LogP contribution is 2.32. The fourth-order valence-corrected chi connectivity index (χ4v) is 3.66. The Morgan fingerprint density at radius 1 is 1.33 bits per heavy atom. The van der Waals surface area contributed by atoms with E-state index in [1.807, 2.05) is 0 Å². The molecule has 0 saturated carbocycles. The maximum atomic E-state index is 6.12. The smallest absolute Gasteiger partial charge is 0.185 e. The number of rotatable bonds is 6. The first kappa shape index (κ1) is 16.7. The van der Waals surface area contributed by atoms with E-state index in [0.29, 0.717) is 0 Å². The number of anilines is 1. The second-order valence-corrected chi connectivity index (χ2v) is 7.61. The largest absolute Gasteiger partial charge is 0.383 e. The molecule has 2 rings (SSSR count). The van der Waals surface area contributed by atoms with Gasteiger partial charge in [-0.3, -0.25) is 0 Å². The molecule has 0 radical (unpaired) electrons. The molecule has 0 bridgehead atoms. The van der Waals surface area contributed by atoms with Crippen LogP contribution in [0, 0.1) is 0 Å². The molecule has 1 aromatic rings. The Balaban J connectivity index is 1.97. The molecule has 1 aliphatic rings. The van der Waals surface area contributed by atoms with Gasteiger partial charge in [-0.1, -0.05) is 0 Å². The molecule has 2 heterocycles. The normalized spacial score (nSPS) is 20.7. The van der Waals surface area contributed by atoms with Crippen LogP contribution in [-0.4, -0.2) is 49.5 Å². The summed E-state index contributed by atoms with van der Waals surface area (Å²) in [5, 5.41) is 6.54. The second-order valence-electron chi connectivity index (χ2n) is 6.77. The lowest BCUT2D eigenvalue weighted by Crippen LogP contribution is -2.57. The molecule has 1 aliphatic heterocycles. The first-order chi connectivity index (χ1) is 9.81. The summed E-state index contributed by atoms with van der Waals surface area (Å²) in [5.41, 5.74) is 0.794. The fourth-order valence-electron chi connectivity index (χ4n) is 2.84. The Hall–Kier alpha value is -0.690. The molecule has 0 unspecified atom stereocenters. The van der Waals surface area contributed by atoms with Crippen molar-refractivity contribution in [3.05, 3.63) is 11.1 Å². The molecule has 120 valence electrons. The summed E-state index contributed by atoms with van der Waals surface area (Å²) in [6, 6.07) is 0. The number of nitrogens with zero attached hydrogens (tertiary/aromatic N) is 2. The number of hydrogen-bond acceptors (Lipinski definition) is 6. The Kier molecular flexibility index (Phi) is 5.24. The summed E-state index contributed by atoms with van der Waals surface area (Å²) >= 11 is 1.71. The number of thiazole rings is 1. The monoisotopic (exact) mass is 313 g/mol. The number of morpholine rings is 1. The molecule has 0 amide bonds. The summed E-state index contributed by atoms with van der Waals surface area (Å²) in [5.74, 6) is 0. The standard InChI is InChI=1S/C15H27N3O2S/c1-14(2)10-18(11-15(3,4)20-14)13-17-12(9-21-13)8-16-6-7-19-5/h9,16H,6-8,10-11H2,1-5H3. The molecular formula is C15H27N3O2S. The topological polar surface area (TPSA) is 46.6 Å². The SMILES string of the molecule is COCCNCc1csc(N2CC(C)(C)OC(C)(C)C2)n1. The maximum absolute atomic E-state index is 6.12. The quantitative estimate of drug-likeness (QED) is 0.816. The van der Waals surface area contributed by atoms with Gasteiger partial charge in [0.25, 0.3) is 0 Å². The third-order valence-electron chi connectivity index (χ3n) is 3.30. The van der Waals surface area contributed by atoms with E-state index >= 15 is 0 Å². The van der Waals surface area contributed by atoms with E-state index in [2.05, 4.69) is 43.3 Å². The van der Waals surface area contributed by atoms with Gasteiger partial charge < -0.3 is 19.7 Å². The van der Waals surface area contributed by atoms with Gasteiger partial charge in [0.2, 0.25) is 0 Å². The third-order valence-corrected chi connectivity index (χ3v) is 4.25. The number of methoxy groups -OCH3 is 1. The Labute approximate surface area is 131 Å². The van der Waals surface area contributed by atoms with Gasteiger partial charge in [-0.25, -0.2) is 4.98 Å². The van der Waals surface area contributed by atoms with Crippen molar-refractivity contribution in [3.8, 4) is 0 Å². The molecule has 0 spiro atoms. The van der Waals surface area contributed by atoms with Gasteiger partial charge in [0, 0.05) is 38.7 Å². The van der Waals surface area contributed by atoms with E-state index < -0.39 is 0 Å². The van der Waals surface area contributed by atoms with Crippen LogP contribution >= 0.6 is 11.3 Å². The van der Waals surface area contributed by atoms with E-state index in [1.54, 1.807) is 18.4 Å². The van der Waals surface area contributed by atoms with Crippen LogP contribution in [0.5, 0.6) is 0 Å². The van der Waals surface area contributed by atoms with Crippen molar-refractivity contribution in [2.24, 2.45) is 0 Å². The Bertz CT molecular complexity index is 444. The van der Waals surface area contributed by atoms with Crippen molar-refractivity contribution >= 4 is 16.5 Å². The molecular weight excluding hydrogens is 286 g/mol. The van der Waals surface area contributed by atoms with E-state index in [4.69, 9.17) is 14.5 Å². The maximum Gasteiger partial charge on any atom is 0.185 e. The molecule has 1 saturated heterocycles. The van der Waals surface area contributed by atoms with E-state index in [9.17, 15) is 0 Å². The van der Waals surface area contributed by atoms with Crippen molar-refractivity contribution in [1.29, 1.82) is 0 Å². The molecule has 0 aromatic carbocycles. The lowest BCUT2D eigenvalue weighted by atomic mass is 9.99. The van der Waals surface area contributed by atoms with E-state index in [-0.39, 0.29) is 11.2 Å². The van der Waals surface area contributed by atoms with Crippen molar-refractivity contribution in [2.45, 2.75) is 45.4 Å². The average molecular weight is 313 g/mol. The first-order valence-corrected chi connectivity index (χ1v) is 8.28. The van der Waals surface area contributed by atoms with Crippen LogP contribution in [0.15, 0.2) is 5.38 Å². The second kappa shape index (κ2) is 6.60. The number of nitrogens with one attached hydrogen (secondary N) is 1. The van der Waals surface area contributed by atoms with E-state index in [0.717, 1.165) is 43.6 Å². The number of hydrogen-bond donors (Lipinski definition) is 1. The predicted octanol–water partition coefficient (Wildman–Crippen LogP) is 2.27. The van der Waals surface area contributed by atoms with Gasteiger partial charge >= 0.3 is 0 Å². The highest BCUT2D eigenvalue weighted by atomic mass is 32.1. The van der Waals surface area contributed by atoms with E-state index in [1.165, 1.54) is 0 Å². The minimum Gasteiger partial charge on any atom is -0.383 e. The van der Waals surface area contributed by atoms with Crippen LogP contribution in [0.2, 0.25) is 0 Å². The molecule has 1 N–H and O–H groups in total. The fraction of sp³-hybridized carbons (Fsp3) is 0.800. The molecule has 6 heteroatoms.